The molecule has 0 fully saturated rings. The molecule has 0 N–H and O–H groups in total. The van der Waals surface area contributed by atoms with E-state index in [-0.39, 0.29) is 6.09 Å². The Hall–Kier alpha value is -2.62. The zero-order chi connectivity index (χ0) is 17.2. The van der Waals surface area contributed by atoms with Gasteiger partial charge >= 0.3 is 6.09 Å². The van der Waals surface area contributed by atoms with Gasteiger partial charge in [0.15, 0.2) is 0 Å². The Morgan fingerprint density at radius 3 is 2.46 bits per heavy atom. The van der Waals surface area contributed by atoms with E-state index in [1.807, 2.05) is 57.4 Å². The maximum absolute atomic E-state index is 12.1. The summed E-state index contributed by atoms with van der Waals surface area (Å²) in [4.78, 5) is 18.3. The van der Waals surface area contributed by atoms with Gasteiger partial charge in [-0.2, -0.15) is 0 Å². The maximum Gasteiger partial charge on any atom is 0.414 e. The third kappa shape index (κ3) is 3.82. The normalized spacial score (nSPS) is 14.5. The molecule has 0 bridgehead atoms. The van der Waals surface area contributed by atoms with Crippen LogP contribution in [0.15, 0.2) is 54.9 Å². The first-order valence-electron chi connectivity index (χ1n) is 8.14. The van der Waals surface area contributed by atoms with Gasteiger partial charge < -0.3 is 4.74 Å². The quantitative estimate of drug-likeness (QED) is 0.802. The molecule has 1 aliphatic rings. The summed E-state index contributed by atoms with van der Waals surface area (Å²) in [6.45, 7) is 6.24. The van der Waals surface area contributed by atoms with Gasteiger partial charge in [0.05, 0.1) is 5.69 Å². The van der Waals surface area contributed by atoms with E-state index in [0.29, 0.717) is 6.54 Å². The molecule has 1 aromatic carbocycles. The monoisotopic (exact) mass is 322 g/mol. The zero-order valence-corrected chi connectivity index (χ0v) is 14.3. The van der Waals surface area contributed by atoms with E-state index in [1.54, 1.807) is 4.90 Å². The maximum atomic E-state index is 12.1. The second-order valence-corrected chi connectivity index (χ2v) is 6.88. The third-order valence-corrected chi connectivity index (χ3v) is 3.76. The van der Waals surface area contributed by atoms with Gasteiger partial charge in [-0.15, -0.1) is 0 Å². The fourth-order valence-electron chi connectivity index (χ4n) is 2.60. The number of carbonyl (C=O) groups is 1. The molecule has 1 aromatic heterocycles. The van der Waals surface area contributed by atoms with E-state index in [1.165, 1.54) is 0 Å². The predicted octanol–water partition coefficient (Wildman–Crippen LogP) is 4.73. The highest BCUT2D eigenvalue weighted by Gasteiger charge is 2.25. The summed E-state index contributed by atoms with van der Waals surface area (Å²) in [6, 6.07) is 14.2. The standard InChI is InChI=1S/C20H22N2O2/c1-20(2,3)24-19(23)22-12-11-17(14-22)18-10-9-16(13-21-18)15-7-5-4-6-8-15/h4-10,13-14H,11-12H2,1-3H3. The SMILES string of the molecule is CC(C)(C)OC(=O)N1C=C(c2ccc(-c3ccccc3)cn2)CC1. The summed E-state index contributed by atoms with van der Waals surface area (Å²) in [5.74, 6) is 0. The third-order valence-electron chi connectivity index (χ3n) is 3.76. The Labute approximate surface area is 142 Å². The molecule has 4 nitrogen and oxygen atoms in total. The van der Waals surface area contributed by atoms with Crippen molar-refractivity contribution in [3.8, 4) is 11.1 Å². The first-order valence-corrected chi connectivity index (χ1v) is 8.14. The van der Waals surface area contributed by atoms with Crippen LogP contribution in [0, 0.1) is 0 Å². The summed E-state index contributed by atoms with van der Waals surface area (Å²) in [5, 5.41) is 0. The number of ether oxygens (including phenoxy) is 1. The van der Waals surface area contributed by atoms with Crippen LogP contribution in [-0.4, -0.2) is 28.1 Å². The number of hydrogen-bond acceptors (Lipinski definition) is 3. The van der Waals surface area contributed by atoms with Crippen LogP contribution in [-0.2, 0) is 4.74 Å². The van der Waals surface area contributed by atoms with Crippen LogP contribution in [0.2, 0.25) is 0 Å². The molecule has 4 heteroatoms. The first-order chi connectivity index (χ1) is 11.4. The zero-order valence-electron chi connectivity index (χ0n) is 14.3. The average molecular weight is 322 g/mol. The summed E-state index contributed by atoms with van der Waals surface area (Å²) in [5.41, 5.74) is 3.71. The van der Waals surface area contributed by atoms with Crippen molar-refractivity contribution in [1.82, 2.24) is 9.88 Å². The largest absolute Gasteiger partial charge is 0.443 e. The lowest BCUT2D eigenvalue weighted by Crippen LogP contribution is -2.32. The highest BCUT2D eigenvalue weighted by molar-refractivity contribution is 5.76. The second kappa shape index (κ2) is 6.48. The van der Waals surface area contributed by atoms with Crippen LogP contribution in [0.1, 0.15) is 32.9 Å². The average Bonchev–Trinajstić information content (AvgIpc) is 3.04. The molecule has 0 radical (unpaired) electrons. The van der Waals surface area contributed by atoms with Crippen molar-refractivity contribution < 1.29 is 9.53 Å². The fourth-order valence-corrected chi connectivity index (χ4v) is 2.60. The van der Waals surface area contributed by atoms with Crippen molar-refractivity contribution >= 4 is 11.7 Å². The van der Waals surface area contributed by atoms with Crippen LogP contribution in [0.4, 0.5) is 4.79 Å². The Kier molecular flexibility index (Phi) is 4.38. The van der Waals surface area contributed by atoms with E-state index in [4.69, 9.17) is 4.74 Å². The molecule has 0 atom stereocenters. The van der Waals surface area contributed by atoms with E-state index in [9.17, 15) is 4.79 Å². The van der Waals surface area contributed by atoms with Gasteiger partial charge in [0.2, 0.25) is 0 Å². The number of aromatic nitrogens is 1. The number of benzene rings is 1. The Morgan fingerprint density at radius 1 is 1.08 bits per heavy atom. The van der Waals surface area contributed by atoms with Crippen LogP contribution < -0.4 is 0 Å². The van der Waals surface area contributed by atoms with Crippen molar-refractivity contribution in [2.75, 3.05) is 6.54 Å². The van der Waals surface area contributed by atoms with E-state index < -0.39 is 5.60 Å². The topological polar surface area (TPSA) is 42.4 Å². The van der Waals surface area contributed by atoms with Gasteiger partial charge in [0.1, 0.15) is 5.60 Å². The lowest BCUT2D eigenvalue weighted by molar-refractivity contribution is 0.0349. The van der Waals surface area contributed by atoms with Gasteiger partial charge in [-0.25, -0.2) is 4.79 Å². The molecule has 1 amide bonds. The van der Waals surface area contributed by atoms with Gasteiger partial charge in [0.25, 0.3) is 0 Å². The molecule has 2 aromatic rings. The lowest BCUT2D eigenvalue weighted by atomic mass is 10.1. The molecule has 24 heavy (non-hydrogen) atoms. The van der Waals surface area contributed by atoms with Crippen molar-refractivity contribution in [2.45, 2.75) is 32.8 Å². The van der Waals surface area contributed by atoms with Crippen molar-refractivity contribution in [3.05, 3.63) is 60.6 Å². The van der Waals surface area contributed by atoms with Crippen LogP contribution >= 0.6 is 0 Å². The number of carbonyl (C=O) groups excluding carboxylic acids is 1. The summed E-state index contributed by atoms with van der Waals surface area (Å²) in [7, 11) is 0. The van der Waals surface area contributed by atoms with Crippen molar-refractivity contribution in [2.24, 2.45) is 0 Å². The highest BCUT2D eigenvalue weighted by Crippen LogP contribution is 2.26. The van der Waals surface area contributed by atoms with Crippen LogP contribution in [0.25, 0.3) is 16.7 Å². The minimum absolute atomic E-state index is 0.307. The molecule has 0 saturated heterocycles. The summed E-state index contributed by atoms with van der Waals surface area (Å²) in [6.07, 6.45) is 4.20. The van der Waals surface area contributed by atoms with Crippen molar-refractivity contribution in [1.29, 1.82) is 0 Å². The Balaban J connectivity index is 1.73. The molecule has 0 unspecified atom stereocenters. The number of rotatable bonds is 2. The smallest absolute Gasteiger partial charge is 0.414 e. The van der Waals surface area contributed by atoms with Crippen LogP contribution in [0.3, 0.4) is 0 Å². The number of nitrogens with zero attached hydrogens (tertiary/aromatic N) is 2. The van der Waals surface area contributed by atoms with E-state index >= 15 is 0 Å². The van der Waals surface area contributed by atoms with Gasteiger partial charge in [-0.05, 0) is 44.4 Å². The molecule has 3 rings (SSSR count). The minimum atomic E-state index is -0.483. The van der Waals surface area contributed by atoms with E-state index in [0.717, 1.165) is 28.8 Å². The first kappa shape index (κ1) is 16.2. The van der Waals surface area contributed by atoms with Gasteiger partial charge in [-0.3, -0.25) is 9.88 Å². The van der Waals surface area contributed by atoms with E-state index in [2.05, 4.69) is 23.2 Å². The highest BCUT2D eigenvalue weighted by atomic mass is 16.6. The molecule has 0 saturated carbocycles. The molecule has 124 valence electrons. The van der Waals surface area contributed by atoms with Gasteiger partial charge in [-0.1, -0.05) is 36.4 Å². The summed E-state index contributed by atoms with van der Waals surface area (Å²) < 4.78 is 5.40. The summed E-state index contributed by atoms with van der Waals surface area (Å²) >= 11 is 0. The molecule has 2 heterocycles. The molecule has 0 aliphatic carbocycles. The Morgan fingerprint density at radius 2 is 1.83 bits per heavy atom. The van der Waals surface area contributed by atoms with Crippen molar-refractivity contribution in [3.63, 3.8) is 0 Å². The second-order valence-electron chi connectivity index (χ2n) is 6.88. The Bertz CT molecular complexity index is 743. The fraction of sp³-hybridized carbons (Fsp3) is 0.300. The molecular formula is C20H22N2O2. The molecule has 1 aliphatic heterocycles. The molecule has 0 spiro atoms. The lowest BCUT2D eigenvalue weighted by Gasteiger charge is -2.23. The number of amides is 1. The minimum Gasteiger partial charge on any atom is -0.443 e. The molecular weight excluding hydrogens is 300 g/mol. The number of hydrogen-bond donors (Lipinski definition) is 0. The van der Waals surface area contributed by atoms with Gasteiger partial charge in [0, 0.05) is 24.5 Å². The number of pyridine rings is 1. The van der Waals surface area contributed by atoms with Crippen LogP contribution in [0.5, 0.6) is 0 Å². The predicted molar refractivity (Wildman–Crippen MR) is 95.2 cm³/mol.